The standard InChI is InChI=1S/C21H20Cl2N2O4/c1-12-6-7-15(9-17(12)23)24-19(26)11-29-21(28)14-8-20(27)25(10-14)18-5-3-4-16(22)13(18)2/h3-7,9,14H,8,10-11H2,1-2H3,(H,24,26)/t14-/m0/s1. The summed E-state index contributed by atoms with van der Waals surface area (Å²) in [6.45, 7) is 3.42. The Morgan fingerprint density at radius 1 is 1.17 bits per heavy atom. The summed E-state index contributed by atoms with van der Waals surface area (Å²) in [4.78, 5) is 38.3. The molecule has 1 saturated heterocycles. The molecule has 8 heteroatoms. The molecule has 2 aromatic carbocycles. The lowest BCUT2D eigenvalue weighted by atomic mass is 10.1. The van der Waals surface area contributed by atoms with Crippen molar-refractivity contribution in [2.24, 2.45) is 5.92 Å². The zero-order valence-corrected chi connectivity index (χ0v) is 17.5. The lowest BCUT2D eigenvalue weighted by Crippen LogP contribution is -2.28. The summed E-state index contributed by atoms with van der Waals surface area (Å²) in [6, 6.07) is 10.4. The number of amides is 2. The van der Waals surface area contributed by atoms with E-state index in [1.807, 2.05) is 13.8 Å². The smallest absolute Gasteiger partial charge is 0.311 e. The third-order valence-corrected chi connectivity index (χ3v) is 5.61. The molecule has 152 valence electrons. The third kappa shape index (κ3) is 4.89. The van der Waals surface area contributed by atoms with Gasteiger partial charge in [0.25, 0.3) is 5.91 Å². The van der Waals surface area contributed by atoms with E-state index in [1.54, 1.807) is 36.4 Å². The number of carbonyl (C=O) groups is 3. The van der Waals surface area contributed by atoms with Gasteiger partial charge in [-0.25, -0.2) is 0 Å². The van der Waals surface area contributed by atoms with Gasteiger partial charge in [0, 0.05) is 34.4 Å². The second-order valence-electron chi connectivity index (χ2n) is 6.91. The Morgan fingerprint density at radius 3 is 2.66 bits per heavy atom. The topological polar surface area (TPSA) is 75.7 Å². The van der Waals surface area contributed by atoms with E-state index < -0.39 is 24.4 Å². The minimum absolute atomic E-state index is 0.0278. The highest BCUT2D eigenvalue weighted by molar-refractivity contribution is 6.32. The minimum atomic E-state index is -0.637. The van der Waals surface area contributed by atoms with E-state index in [1.165, 1.54) is 4.90 Å². The first-order chi connectivity index (χ1) is 13.8. The van der Waals surface area contributed by atoms with Gasteiger partial charge in [0.05, 0.1) is 5.92 Å². The number of anilines is 2. The number of hydrogen-bond donors (Lipinski definition) is 1. The van der Waals surface area contributed by atoms with Crippen LogP contribution in [-0.2, 0) is 19.1 Å². The predicted octanol–water partition coefficient (Wildman–Crippen LogP) is 4.15. The van der Waals surface area contributed by atoms with Crippen LogP contribution in [0.15, 0.2) is 36.4 Å². The molecule has 1 heterocycles. The third-order valence-electron chi connectivity index (χ3n) is 4.79. The molecule has 1 aliphatic heterocycles. The summed E-state index contributed by atoms with van der Waals surface area (Å²) >= 11 is 12.2. The van der Waals surface area contributed by atoms with Gasteiger partial charge in [0.15, 0.2) is 6.61 Å². The lowest BCUT2D eigenvalue weighted by molar-refractivity contribution is -0.151. The second-order valence-corrected chi connectivity index (χ2v) is 7.72. The van der Waals surface area contributed by atoms with Crippen LogP contribution in [0.5, 0.6) is 0 Å². The Morgan fingerprint density at radius 2 is 1.93 bits per heavy atom. The Bertz CT molecular complexity index is 977. The van der Waals surface area contributed by atoms with Crippen molar-refractivity contribution in [3.05, 3.63) is 57.6 Å². The molecule has 0 radical (unpaired) electrons. The zero-order valence-electron chi connectivity index (χ0n) is 16.0. The molecule has 0 unspecified atom stereocenters. The van der Waals surface area contributed by atoms with Gasteiger partial charge in [-0.3, -0.25) is 14.4 Å². The number of halogens is 2. The summed E-state index contributed by atoms with van der Waals surface area (Å²) in [5.41, 5.74) is 2.85. The molecule has 2 amide bonds. The summed E-state index contributed by atoms with van der Waals surface area (Å²) in [5, 5.41) is 3.70. The number of aryl methyl sites for hydroxylation is 1. The quantitative estimate of drug-likeness (QED) is 0.717. The number of benzene rings is 2. The highest BCUT2D eigenvalue weighted by atomic mass is 35.5. The number of esters is 1. The van der Waals surface area contributed by atoms with Gasteiger partial charge in [-0.15, -0.1) is 0 Å². The first-order valence-electron chi connectivity index (χ1n) is 9.04. The van der Waals surface area contributed by atoms with Crippen LogP contribution in [0.3, 0.4) is 0 Å². The van der Waals surface area contributed by atoms with Crippen molar-refractivity contribution in [2.75, 3.05) is 23.4 Å². The van der Waals surface area contributed by atoms with Gasteiger partial charge in [0.1, 0.15) is 0 Å². The lowest BCUT2D eigenvalue weighted by Gasteiger charge is -2.19. The van der Waals surface area contributed by atoms with Crippen molar-refractivity contribution in [1.29, 1.82) is 0 Å². The molecule has 0 saturated carbocycles. The van der Waals surface area contributed by atoms with Crippen molar-refractivity contribution in [3.8, 4) is 0 Å². The molecule has 1 fully saturated rings. The molecule has 0 spiro atoms. The highest BCUT2D eigenvalue weighted by Gasteiger charge is 2.37. The number of hydrogen-bond acceptors (Lipinski definition) is 4. The largest absolute Gasteiger partial charge is 0.455 e. The zero-order chi connectivity index (χ0) is 21.1. The minimum Gasteiger partial charge on any atom is -0.455 e. The van der Waals surface area contributed by atoms with Crippen LogP contribution >= 0.6 is 23.2 Å². The predicted molar refractivity (Wildman–Crippen MR) is 112 cm³/mol. The molecule has 0 bridgehead atoms. The van der Waals surface area contributed by atoms with Crippen LogP contribution in [0.4, 0.5) is 11.4 Å². The molecular weight excluding hydrogens is 415 g/mol. The van der Waals surface area contributed by atoms with Gasteiger partial charge in [0.2, 0.25) is 5.91 Å². The molecule has 1 atom stereocenters. The fourth-order valence-electron chi connectivity index (χ4n) is 3.11. The van der Waals surface area contributed by atoms with Crippen LogP contribution in [0.25, 0.3) is 0 Å². The van der Waals surface area contributed by atoms with E-state index in [2.05, 4.69) is 5.32 Å². The van der Waals surface area contributed by atoms with E-state index in [9.17, 15) is 14.4 Å². The SMILES string of the molecule is Cc1ccc(NC(=O)COC(=O)[C@H]2CC(=O)N(c3cccc(Cl)c3C)C2)cc1Cl. The Balaban J connectivity index is 1.56. The van der Waals surface area contributed by atoms with Gasteiger partial charge in [-0.2, -0.15) is 0 Å². The molecule has 2 aromatic rings. The molecule has 1 aliphatic rings. The van der Waals surface area contributed by atoms with E-state index in [0.717, 1.165) is 11.1 Å². The molecule has 0 aromatic heterocycles. The number of rotatable bonds is 5. The molecule has 0 aliphatic carbocycles. The Hall–Kier alpha value is -2.57. The van der Waals surface area contributed by atoms with Gasteiger partial charge in [-0.05, 0) is 49.2 Å². The van der Waals surface area contributed by atoms with Crippen LogP contribution in [0.1, 0.15) is 17.5 Å². The molecule has 29 heavy (non-hydrogen) atoms. The summed E-state index contributed by atoms with van der Waals surface area (Å²) in [7, 11) is 0. The summed E-state index contributed by atoms with van der Waals surface area (Å²) in [6.07, 6.45) is 0.0278. The van der Waals surface area contributed by atoms with E-state index in [0.29, 0.717) is 21.4 Å². The number of ether oxygens (including phenoxy) is 1. The second kappa shape index (κ2) is 8.84. The highest BCUT2D eigenvalue weighted by Crippen LogP contribution is 2.31. The number of nitrogens with zero attached hydrogens (tertiary/aromatic N) is 1. The van der Waals surface area contributed by atoms with E-state index in [4.69, 9.17) is 27.9 Å². The van der Waals surface area contributed by atoms with Crippen LogP contribution in [0, 0.1) is 19.8 Å². The van der Waals surface area contributed by atoms with Crippen molar-refractivity contribution in [1.82, 2.24) is 0 Å². The summed E-state index contributed by atoms with van der Waals surface area (Å²) in [5.74, 6) is -1.89. The van der Waals surface area contributed by atoms with Crippen molar-refractivity contribution >= 4 is 52.4 Å². The van der Waals surface area contributed by atoms with Crippen LogP contribution in [0.2, 0.25) is 10.0 Å². The first-order valence-corrected chi connectivity index (χ1v) is 9.80. The maximum atomic E-state index is 12.4. The Labute approximate surface area is 178 Å². The number of nitrogens with one attached hydrogen (secondary N) is 1. The molecule has 3 rings (SSSR count). The van der Waals surface area contributed by atoms with Crippen LogP contribution < -0.4 is 10.2 Å². The number of carbonyl (C=O) groups excluding carboxylic acids is 3. The van der Waals surface area contributed by atoms with Gasteiger partial charge in [-0.1, -0.05) is 35.3 Å². The molecular formula is C21H20Cl2N2O4. The first kappa shape index (κ1) is 21.1. The fraction of sp³-hybridized carbons (Fsp3) is 0.286. The van der Waals surface area contributed by atoms with Crippen molar-refractivity contribution in [2.45, 2.75) is 20.3 Å². The maximum Gasteiger partial charge on any atom is 0.311 e. The van der Waals surface area contributed by atoms with E-state index >= 15 is 0 Å². The normalized spacial score (nSPS) is 16.1. The fourth-order valence-corrected chi connectivity index (χ4v) is 3.46. The van der Waals surface area contributed by atoms with Crippen molar-refractivity contribution in [3.63, 3.8) is 0 Å². The Kier molecular flexibility index (Phi) is 6.45. The van der Waals surface area contributed by atoms with Gasteiger partial charge < -0.3 is 15.0 Å². The summed E-state index contributed by atoms with van der Waals surface area (Å²) < 4.78 is 5.11. The molecule has 6 nitrogen and oxygen atoms in total. The van der Waals surface area contributed by atoms with Crippen LogP contribution in [-0.4, -0.2) is 30.9 Å². The maximum absolute atomic E-state index is 12.4. The van der Waals surface area contributed by atoms with E-state index in [-0.39, 0.29) is 18.9 Å². The van der Waals surface area contributed by atoms with Gasteiger partial charge >= 0.3 is 5.97 Å². The molecule has 1 N–H and O–H groups in total. The average molecular weight is 435 g/mol. The van der Waals surface area contributed by atoms with Crippen molar-refractivity contribution < 1.29 is 19.1 Å². The monoisotopic (exact) mass is 434 g/mol. The average Bonchev–Trinajstić information content (AvgIpc) is 3.06.